The van der Waals surface area contributed by atoms with Crippen LogP contribution in [0.1, 0.15) is 11.1 Å². The van der Waals surface area contributed by atoms with E-state index in [-0.39, 0.29) is 12.4 Å². The summed E-state index contributed by atoms with van der Waals surface area (Å²) in [5.74, 6) is 0.203. The average molecular weight is 242 g/mol. The number of anilines is 1. The SMILES string of the molecule is N#Cc1ccc(OCc2ccc(N)cc2F)cc1. The van der Waals surface area contributed by atoms with Gasteiger partial charge in [0.05, 0.1) is 11.6 Å². The Bertz CT molecular complexity index is 588. The molecule has 0 radical (unpaired) electrons. The Labute approximate surface area is 104 Å². The molecule has 0 fully saturated rings. The second kappa shape index (κ2) is 5.19. The van der Waals surface area contributed by atoms with Gasteiger partial charge < -0.3 is 10.5 Å². The van der Waals surface area contributed by atoms with Gasteiger partial charge in [-0.1, -0.05) is 6.07 Å². The van der Waals surface area contributed by atoms with Crippen molar-refractivity contribution in [3.8, 4) is 11.8 Å². The number of nitrogens with zero attached hydrogens (tertiary/aromatic N) is 1. The van der Waals surface area contributed by atoms with Gasteiger partial charge in [-0.3, -0.25) is 0 Å². The third-order valence-corrected chi connectivity index (χ3v) is 2.45. The molecule has 0 aliphatic rings. The van der Waals surface area contributed by atoms with Crippen molar-refractivity contribution >= 4 is 5.69 Å². The average Bonchev–Trinajstić information content (AvgIpc) is 2.38. The minimum atomic E-state index is -0.386. The zero-order valence-electron chi connectivity index (χ0n) is 9.56. The molecule has 90 valence electrons. The first kappa shape index (κ1) is 11.9. The maximum atomic E-state index is 13.5. The summed E-state index contributed by atoms with van der Waals surface area (Å²) in [6.07, 6.45) is 0. The van der Waals surface area contributed by atoms with Gasteiger partial charge in [0.25, 0.3) is 0 Å². The van der Waals surface area contributed by atoms with Gasteiger partial charge in [-0.25, -0.2) is 4.39 Å². The predicted octanol–water partition coefficient (Wildman–Crippen LogP) is 2.86. The Kier molecular flexibility index (Phi) is 3.44. The highest BCUT2D eigenvalue weighted by atomic mass is 19.1. The standard InChI is InChI=1S/C14H11FN2O/c15-14-7-12(17)4-3-11(14)9-18-13-5-1-10(8-16)2-6-13/h1-7H,9,17H2. The highest BCUT2D eigenvalue weighted by molar-refractivity contribution is 5.40. The zero-order chi connectivity index (χ0) is 13.0. The Balaban J connectivity index is 2.04. The van der Waals surface area contributed by atoms with Crippen LogP contribution in [0, 0.1) is 17.1 Å². The van der Waals surface area contributed by atoms with Crippen molar-refractivity contribution in [3.63, 3.8) is 0 Å². The highest BCUT2D eigenvalue weighted by Gasteiger charge is 2.03. The van der Waals surface area contributed by atoms with Crippen LogP contribution < -0.4 is 10.5 Å². The lowest BCUT2D eigenvalue weighted by Crippen LogP contribution is -1.99. The molecule has 0 aliphatic heterocycles. The van der Waals surface area contributed by atoms with Crippen LogP contribution in [0.15, 0.2) is 42.5 Å². The maximum Gasteiger partial charge on any atom is 0.131 e. The van der Waals surface area contributed by atoms with E-state index in [2.05, 4.69) is 0 Å². The summed E-state index contributed by atoms with van der Waals surface area (Å²) in [5.41, 5.74) is 6.83. The van der Waals surface area contributed by atoms with Gasteiger partial charge in [-0.15, -0.1) is 0 Å². The molecule has 2 aromatic carbocycles. The molecule has 2 rings (SSSR count). The largest absolute Gasteiger partial charge is 0.489 e. The van der Waals surface area contributed by atoms with E-state index in [9.17, 15) is 4.39 Å². The molecular formula is C14H11FN2O. The van der Waals surface area contributed by atoms with Crippen molar-refractivity contribution in [2.45, 2.75) is 6.61 Å². The van der Waals surface area contributed by atoms with Crippen LogP contribution in [0.25, 0.3) is 0 Å². The predicted molar refractivity (Wildman–Crippen MR) is 66.3 cm³/mol. The summed E-state index contributed by atoms with van der Waals surface area (Å²) in [6, 6.07) is 13.1. The fourth-order valence-corrected chi connectivity index (χ4v) is 1.47. The Hall–Kier alpha value is -2.54. The fourth-order valence-electron chi connectivity index (χ4n) is 1.47. The molecule has 0 amide bonds. The maximum absolute atomic E-state index is 13.5. The van der Waals surface area contributed by atoms with Crippen LogP contribution in [0.2, 0.25) is 0 Å². The molecule has 0 bridgehead atoms. The number of rotatable bonds is 3. The van der Waals surface area contributed by atoms with E-state index in [0.29, 0.717) is 22.6 Å². The van der Waals surface area contributed by atoms with E-state index in [1.165, 1.54) is 6.07 Å². The zero-order valence-corrected chi connectivity index (χ0v) is 9.56. The smallest absolute Gasteiger partial charge is 0.131 e. The first-order valence-corrected chi connectivity index (χ1v) is 5.36. The topological polar surface area (TPSA) is 59.0 Å². The molecule has 0 heterocycles. The first-order chi connectivity index (χ1) is 8.69. The van der Waals surface area contributed by atoms with E-state index in [1.807, 2.05) is 6.07 Å². The number of hydrogen-bond donors (Lipinski definition) is 1. The van der Waals surface area contributed by atoms with E-state index in [1.54, 1.807) is 36.4 Å². The molecule has 0 unspecified atom stereocenters. The Morgan fingerprint density at radius 1 is 1.17 bits per heavy atom. The van der Waals surface area contributed by atoms with Gasteiger partial charge in [0.2, 0.25) is 0 Å². The summed E-state index contributed by atoms with van der Waals surface area (Å²) in [7, 11) is 0. The number of benzene rings is 2. The summed E-state index contributed by atoms with van der Waals surface area (Å²) >= 11 is 0. The van der Waals surface area contributed by atoms with E-state index in [4.69, 9.17) is 15.7 Å². The molecule has 18 heavy (non-hydrogen) atoms. The molecule has 4 heteroatoms. The molecule has 2 aromatic rings. The Morgan fingerprint density at radius 2 is 1.89 bits per heavy atom. The first-order valence-electron chi connectivity index (χ1n) is 5.36. The number of nitriles is 1. The van der Waals surface area contributed by atoms with Crippen molar-refractivity contribution in [2.75, 3.05) is 5.73 Å². The normalized spacial score (nSPS) is 9.78. The number of hydrogen-bond acceptors (Lipinski definition) is 3. The summed E-state index contributed by atoms with van der Waals surface area (Å²) in [4.78, 5) is 0. The van der Waals surface area contributed by atoms with Crippen molar-refractivity contribution < 1.29 is 9.13 Å². The fraction of sp³-hybridized carbons (Fsp3) is 0.0714. The number of nitrogen functional groups attached to an aromatic ring is 1. The quantitative estimate of drug-likeness (QED) is 0.842. The minimum absolute atomic E-state index is 0.123. The summed E-state index contributed by atoms with van der Waals surface area (Å²) in [6.45, 7) is 0.123. The number of nitrogens with two attached hydrogens (primary N) is 1. The van der Waals surface area contributed by atoms with E-state index in [0.717, 1.165) is 0 Å². The molecule has 0 atom stereocenters. The van der Waals surface area contributed by atoms with Crippen LogP contribution >= 0.6 is 0 Å². The van der Waals surface area contributed by atoms with Gasteiger partial charge in [0, 0.05) is 11.3 Å². The van der Waals surface area contributed by atoms with Gasteiger partial charge >= 0.3 is 0 Å². The Morgan fingerprint density at radius 3 is 2.50 bits per heavy atom. The van der Waals surface area contributed by atoms with Gasteiger partial charge in [-0.05, 0) is 36.4 Å². The summed E-state index contributed by atoms with van der Waals surface area (Å²) in [5, 5.41) is 8.65. The monoisotopic (exact) mass is 242 g/mol. The van der Waals surface area contributed by atoms with Gasteiger partial charge in [-0.2, -0.15) is 5.26 Å². The van der Waals surface area contributed by atoms with Crippen LogP contribution in [-0.2, 0) is 6.61 Å². The van der Waals surface area contributed by atoms with Crippen LogP contribution in [0.4, 0.5) is 10.1 Å². The molecular weight excluding hydrogens is 231 g/mol. The molecule has 0 saturated carbocycles. The highest BCUT2D eigenvalue weighted by Crippen LogP contribution is 2.16. The second-order valence-corrected chi connectivity index (χ2v) is 3.78. The number of halogens is 1. The molecule has 0 spiro atoms. The third kappa shape index (κ3) is 2.77. The molecule has 3 nitrogen and oxygen atoms in total. The van der Waals surface area contributed by atoms with Crippen molar-refractivity contribution in [2.24, 2.45) is 0 Å². The molecule has 2 N–H and O–H groups in total. The molecule has 0 aliphatic carbocycles. The number of ether oxygens (including phenoxy) is 1. The van der Waals surface area contributed by atoms with E-state index < -0.39 is 0 Å². The van der Waals surface area contributed by atoms with Gasteiger partial charge in [0.15, 0.2) is 0 Å². The second-order valence-electron chi connectivity index (χ2n) is 3.78. The lowest BCUT2D eigenvalue weighted by atomic mass is 10.2. The van der Waals surface area contributed by atoms with E-state index >= 15 is 0 Å². The van der Waals surface area contributed by atoms with Crippen LogP contribution in [-0.4, -0.2) is 0 Å². The van der Waals surface area contributed by atoms with Gasteiger partial charge in [0.1, 0.15) is 18.2 Å². The molecule has 0 saturated heterocycles. The van der Waals surface area contributed by atoms with Crippen LogP contribution in [0.5, 0.6) is 5.75 Å². The van der Waals surface area contributed by atoms with Crippen molar-refractivity contribution in [1.82, 2.24) is 0 Å². The van der Waals surface area contributed by atoms with Crippen molar-refractivity contribution in [1.29, 1.82) is 5.26 Å². The lowest BCUT2D eigenvalue weighted by molar-refractivity contribution is 0.300. The lowest BCUT2D eigenvalue weighted by Gasteiger charge is -2.07. The van der Waals surface area contributed by atoms with Crippen molar-refractivity contribution in [3.05, 3.63) is 59.4 Å². The third-order valence-electron chi connectivity index (χ3n) is 2.45. The molecule has 0 aromatic heterocycles. The minimum Gasteiger partial charge on any atom is -0.489 e. The summed E-state index contributed by atoms with van der Waals surface area (Å²) < 4.78 is 18.9. The van der Waals surface area contributed by atoms with Crippen LogP contribution in [0.3, 0.4) is 0 Å².